The molecule has 1 rings (SSSR count). The van der Waals surface area contributed by atoms with E-state index in [1.165, 1.54) is 0 Å². The molecule has 3 nitrogen and oxygen atoms in total. The molecule has 0 saturated carbocycles. The van der Waals surface area contributed by atoms with Crippen molar-refractivity contribution in [1.29, 1.82) is 0 Å². The molecule has 0 aliphatic heterocycles. The number of hydrogen-bond acceptors (Lipinski definition) is 1. The normalized spacial score (nSPS) is 9.57. The van der Waals surface area contributed by atoms with Crippen LogP contribution in [0.4, 0.5) is 10.5 Å². The smallest absolute Gasteiger partial charge is 0.319 e. The van der Waals surface area contributed by atoms with Crippen LogP contribution >= 0.6 is 15.9 Å². The molecule has 0 unspecified atom stereocenters. The van der Waals surface area contributed by atoms with E-state index in [9.17, 15) is 4.79 Å². The summed E-state index contributed by atoms with van der Waals surface area (Å²) in [6.07, 6.45) is 0.938. The summed E-state index contributed by atoms with van der Waals surface area (Å²) in [6.45, 7) is 2.71. The van der Waals surface area contributed by atoms with Crippen molar-refractivity contribution in [2.45, 2.75) is 13.3 Å². The fourth-order valence-corrected chi connectivity index (χ4v) is 1.21. The van der Waals surface area contributed by atoms with Crippen molar-refractivity contribution < 1.29 is 4.79 Å². The molecule has 0 aliphatic carbocycles. The topological polar surface area (TPSA) is 41.1 Å². The number of urea groups is 1. The van der Waals surface area contributed by atoms with E-state index in [2.05, 4.69) is 26.6 Å². The van der Waals surface area contributed by atoms with Gasteiger partial charge in [0.2, 0.25) is 0 Å². The Hall–Kier alpha value is -1.03. The molecule has 2 amide bonds. The van der Waals surface area contributed by atoms with E-state index in [0.29, 0.717) is 6.54 Å². The molecule has 0 fully saturated rings. The predicted octanol–water partition coefficient (Wildman–Crippen LogP) is 2.98. The third kappa shape index (κ3) is 3.79. The first-order valence-electron chi connectivity index (χ1n) is 4.53. The van der Waals surface area contributed by atoms with E-state index in [0.717, 1.165) is 16.6 Å². The van der Waals surface area contributed by atoms with Crippen LogP contribution in [-0.2, 0) is 0 Å². The van der Waals surface area contributed by atoms with E-state index in [-0.39, 0.29) is 6.03 Å². The van der Waals surface area contributed by atoms with Crippen molar-refractivity contribution in [1.82, 2.24) is 5.32 Å². The highest BCUT2D eigenvalue weighted by molar-refractivity contribution is 9.10. The van der Waals surface area contributed by atoms with Crippen molar-refractivity contribution in [3.05, 3.63) is 28.7 Å². The minimum atomic E-state index is -0.158. The van der Waals surface area contributed by atoms with Gasteiger partial charge in [0.05, 0.1) is 0 Å². The number of anilines is 1. The monoisotopic (exact) mass is 256 g/mol. The highest BCUT2D eigenvalue weighted by Crippen LogP contribution is 2.13. The van der Waals surface area contributed by atoms with Gasteiger partial charge in [0.1, 0.15) is 0 Å². The van der Waals surface area contributed by atoms with Crippen LogP contribution in [0.25, 0.3) is 0 Å². The zero-order chi connectivity index (χ0) is 10.4. The van der Waals surface area contributed by atoms with Gasteiger partial charge in [-0.25, -0.2) is 4.79 Å². The largest absolute Gasteiger partial charge is 0.338 e. The molecule has 1 aromatic rings. The van der Waals surface area contributed by atoms with Gasteiger partial charge in [-0.3, -0.25) is 0 Å². The fourth-order valence-electron chi connectivity index (χ4n) is 0.947. The molecule has 0 bridgehead atoms. The van der Waals surface area contributed by atoms with Gasteiger partial charge in [-0.05, 0) is 30.7 Å². The third-order valence-electron chi connectivity index (χ3n) is 1.64. The average Bonchev–Trinajstić information content (AvgIpc) is 2.18. The highest BCUT2D eigenvalue weighted by Gasteiger charge is 1.98. The highest BCUT2D eigenvalue weighted by atomic mass is 79.9. The van der Waals surface area contributed by atoms with Crippen LogP contribution in [0.1, 0.15) is 13.3 Å². The van der Waals surface area contributed by atoms with Gasteiger partial charge in [0.25, 0.3) is 0 Å². The quantitative estimate of drug-likeness (QED) is 0.858. The SMILES string of the molecule is CCCNC(=O)Nc1ccc(Br)cc1. The first kappa shape index (κ1) is 11.0. The van der Waals surface area contributed by atoms with Crippen molar-refractivity contribution in [2.24, 2.45) is 0 Å². The van der Waals surface area contributed by atoms with E-state index >= 15 is 0 Å². The van der Waals surface area contributed by atoms with Gasteiger partial charge < -0.3 is 10.6 Å². The summed E-state index contributed by atoms with van der Waals surface area (Å²) in [5, 5.41) is 5.47. The molecule has 0 heterocycles. The maximum atomic E-state index is 11.2. The number of carbonyl (C=O) groups is 1. The Morgan fingerprint density at radius 1 is 1.36 bits per heavy atom. The molecule has 4 heteroatoms. The number of rotatable bonds is 3. The molecule has 76 valence electrons. The van der Waals surface area contributed by atoms with Crippen LogP contribution in [0.3, 0.4) is 0 Å². The van der Waals surface area contributed by atoms with E-state index in [1.807, 2.05) is 31.2 Å². The number of benzene rings is 1. The number of carbonyl (C=O) groups excluding carboxylic acids is 1. The Balaban J connectivity index is 2.44. The molecule has 0 radical (unpaired) electrons. The van der Waals surface area contributed by atoms with Gasteiger partial charge >= 0.3 is 6.03 Å². The van der Waals surface area contributed by atoms with Crippen LogP contribution in [0.5, 0.6) is 0 Å². The first-order valence-corrected chi connectivity index (χ1v) is 5.32. The lowest BCUT2D eigenvalue weighted by molar-refractivity contribution is 0.252. The van der Waals surface area contributed by atoms with Crippen LogP contribution in [0.15, 0.2) is 28.7 Å². The van der Waals surface area contributed by atoms with Crippen molar-refractivity contribution in [3.63, 3.8) is 0 Å². The zero-order valence-electron chi connectivity index (χ0n) is 8.01. The van der Waals surface area contributed by atoms with Gasteiger partial charge in [-0.1, -0.05) is 22.9 Å². The van der Waals surface area contributed by atoms with Crippen LogP contribution < -0.4 is 10.6 Å². The van der Waals surface area contributed by atoms with Gasteiger partial charge in [0.15, 0.2) is 0 Å². The number of hydrogen-bond donors (Lipinski definition) is 2. The minimum absolute atomic E-state index is 0.158. The molecule has 1 aromatic carbocycles. The molecular formula is C10H13BrN2O. The fraction of sp³-hybridized carbons (Fsp3) is 0.300. The minimum Gasteiger partial charge on any atom is -0.338 e. The molecule has 0 saturated heterocycles. The van der Waals surface area contributed by atoms with E-state index in [1.54, 1.807) is 0 Å². The summed E-state index contributed by atoms with van der Waals surface area (Å²) >= 11 is 3.33. The van der Waals surface area contributed by atoms with Crippen molar-refractivity contribution in [2.75, 3.05) is 11.9 Å². The van der Waals surface area contributed by atoms with Gasteiger partial charge in [-0.15, -0.1) is 0 Å². The number of nitrogens with one attached hydrogen (secondary N) is 2. The van der Waals surface area contributed by atoms with E-state index in [4.69, 9.17) is 0 Å². The maximum absolute atomic E-state index is 11.2. The summed E-state index contributed by atoms with van der Waals surface area (Å²) in [6, 6.07) is 7.30. The van der Waals surface area contributed by atoms with Crippen LogP contribution in [0.2, 0.25) is 0 Å². The Bertz CT molecular complexity index is 297. The zero-order valence-corrected chi connectivity index (χ0v) is 9.60. The Morgan fingerprint density at radius 2 is 2.00 bits per heavy atom. The van der Waals surface area contributed by atoms with Crippen LogP contribution in [-0.4, -0.2) is 12.6 Å². The molecule has 0 aromatic heterocycles. The summed E-state index contributed by atoms with van der Waals surface area (Å²) in [4.78, 5) is 11.2. The molecular weight excluding hydrogens is 244 g/mol. The lowest BCUT2D eigenvalue weighted by Crippen LogP contribution is -2.29. The predicted molar refractivity (Wildman–Crippen MR) is 61.5 cm³/mol. The summed E-state index contributed by atoms with van der Waals surface area (Å²) in [5.41, 5.74) is 0.793. The Kier molecular flexibility index (Phi) is 4.46. The summed E-state index contributed by atoms with van der Waals surface area (Å²) in [5.74, 6) is 0. The van der Waals surface area contributed by atoms with Gasteiger partial charge in [0, 0.05) is 16.7 Å². The van der Waals surface area contributed by atoms with E-state index < -0.39 is 0 Å². The average molecular weight is 257 g/mol. The molecule has 0 aliphatic rings. The standard InChI is InChI=1S/C10H13BrN2O/c1-2-7-12-10(14)13-9-5-3-8(11)4-6-9/h3-6H,2,7H2,1H3,(H2,12,13,14). The lowest BCUT2D eigenvalue weighted by Gasteiger charge is -2.06. The van der Waals surface area contributed by atoms with Gasteiger partial charge in [-0.2, -0.15) is 0 Å². The Labute approximate surface area is 92.0 Å². The molecule has 14 heavy (non-hydrogen) atoms. The Morgan fingerprint density at radius 3 is 2.57 bits per heavy atom. The van der Waals surface area contributed by atoms with Crippen molar-refractivity contribution >= 4 is 27.6 Å². The third-order valence-corrected chi connectivity index (χ3v) is 2.17. The van der Waals surface area contributed by atoms with Crippen molar-refractivity contribution in [3.8, 4) is 0 Å². The second-order valence-corrected chi connectivity index (χ2v) is 3.80. The summed E-state index contributed by atoms with van der Waals surface area (Å²) in [7, 11) is 0. The van der Waals surface area contributed by atoms with Crippen LogP contribution in [0, 0.1) is 0 Å². The molecule has 2 N–H and O–H groups in total. The molecule has 0 atom stereocenters. The number of amides is 2. The first-order chi connectivity index (χ1) is 6.72. The molecule has 0 spiro atoms. The number of halogens is 1. The second-order valence-electron chi connectivity index (χ2n) is 2.89. The summed E-state index contributed by atoms with van der Waals surface area (Å²) < 4.78 is 0.997. The maximum Gasteiger partial charge on any atom is 0.319 e. The second kappa shape index (κ2) is 5.65. The lowest BCUT2D eigenvalue weighted by atomic mass is 10.3.